The zero-order valence-corrected chi connectivity index (χ0v) is 9.07. The highest BCUT2D eigenvalue weighted by molar-refractivity contribution is 8.00. The van der Waals surface area contributed by atoms with E-state index in [2.05, 4.69) is 11.2 Å². The lowest BCUT2D eigenvalue weighted by atomic mass is 9.88. The second-order valence-electron chi connectivity index (χ2n) is 3.69. The summed E-state index contributed by atoms with van der Waals surface area (Å²) in [5, 5.41) is 0. The van der Waals surface area contributed by atoms with E-state index in [9.17, 15) is 0 Å². The fourth-order valence-corrected chi connectivity index (χ4v) is 2.75. The van der Waals surface area contributed by atoms with E-state index in [0.29, 0.717) is 4.75 Å². The molecule has 1 saturated carbocycles. The number of guanidine groups is 1. The number of hydrogen-bond donors (Lipinski definition) is 2. The van der Waals surface area contributed by atoms with Crippen LogP contribution in [0.25, 0.3) is 0 Å². The first-order chi connectivity index (χ1) is 6.18. The lowest BCUT2D eigenvalue weighted by Gasteiger charge is -2.34. The molecule has 76 valence electrons. The maximum absolute atomic E-state index is 5.34. The smallest absolute Gasteiger partial charge is 0.185 e. The fraction of sp³-hybridized carbons (Fsp3) is 0.889. The van der Waals surface area contributed by atoms with Gasteiger partial charge in [-0.3, -0.25) is 4.99 Å². The minimum atomic E-state index is 0.221. The molecular weight excluding hydrogens is 182 g/mol. The second-order valence-corrected chi connectivity index (χ2v) is 4.96. The quantitative estimate of drug-likeness (QED) is 0.535. The molecule has 0 radical (unpaired) electrons. The van der Waals surface area contributed by atoms with Crippen molar-refractivity contribution in [1.82, 2.24) is 0 Å². The zero-order valence-electron chi connectivity index (χ0n) is 8.25. The van der Waals surface area contributed by atoms with Gasteiger partial charge >= 0.3 is 0 Å². The summed E-state index contributed by atoms with van der Waals surface area (Å²) in [6.07, 6.45) is 8.68. The van der Waals surface area contributed by atoms with E-state index in [-0.39, 0.29) is 5.96 Å². The molecule has 13 heavy (non-hydrogen) atoms. The average Bonchev–Trinajstić information content (AvgIpc) is 2.16. The van der Waals surface area contributed by atoms with Crippen LogP contribution in [-0.4, -0.2) is 23.5 Å². The van der Waals surface area contributed by atoms with Gasteiger partial charge in [-0.2, -0.15) is 11.8 Å². The predicted octanol–water partition coefficient (Wildman–Crippen LogP) is 1.33. The summed E-state index contributed by atoms with van der Waals surface area (Å²) in [7, 11) is 0. The van der Waals surface area contributed by atoms with E-state index in [4.69, 9.17) is 11.5 Å². The molecule has 0 amide bonds. The molecule has 1 rings (SSSR count). The molecular formula is C9H19N3S. The third-order valence-corrected chi connectivity index (χ3v) is 4.15. The molecule has 4 N–H and O–H groups in total. The summed E-state index contributed by atoms with van der Waals surface area (Å²) in [5.74, 6) is 0.221. The van der Waals surface area contributed by atoms with E-state index in [1.807, 2.05) is 11.8 Å². The van der Waals surface area contributed by atoms with Crippen LogP contribution in [0.1, 0.15) is 32.1 Å². The van der Waals surface area contributed by atoms with Crippen LogP contribution in [0.3, 0.4) is 0 Å². The summed E-state index contributed by atoms with van der Waals surface area (Å²) in [6.45, 7) is 0.788. The molecule has 0 heterocycles. The third-order valence-electron chi connectivity index (χ3n) is 2.75. The Morgan fingerprint density at radius 3 is 2.38 bits per heavy atom. The molecule has 0 aromatic rings. The highest BCUT2D eigenvalue weighted by Crippen LogP contribution is 2.38. The van der Waals surface area contributed by atoms with Crippen LogP contribution >= 0.6 is 11.8 Å². The molecule has 0 aromatic carbocycles. The first kappa shape index (κ1) is 10.7. The van der Waals surface area contributed by atoms with Crippen molar-refractivity contribution in [2.24, 2.45) is 16.5 Å². The van der Waals surface area contributed by atoms with Crippen LogP contribution < -0.4 is 11.5 Å². The van der Waals surface area contributed by atoms with Crippen molar-refractivity contribution in [2.45, 2.75) is 36.9 Å². The van der Waals surface area contributed by atoms with Gasteiger partial charge in [0.15, 0.2) is 5.96 Å². The number of nitrogens with two attached hydrogens (primary N) is 2. The Hall–Kier alpha value is -0.380. The van der Waals surface area contributed by atoms with E-state index in [1.54, 1.807) is 0 Å². The van der Waals surface area contributed by atoms with Gasteiger partial charge in [-0.15, -0.1) is 0 Å². The van der Waals surface area contributed by atoms with Crippen molar-refractivity contribution in [2.75, 3.05) is 12.8 Å². The number of hydrogen-bond acceptors (Lipinski definition) is 2. The first-order valence-electron chi connectivity index (χ1n) is 4.79. The third kappa shape index (κ3) is 3.10. The van der Waals surface area contributed by atoms with E-state index < -0.39 is 0 Å². The number of nitrogens with zero attached hydrogens (tertiary/aromatic N) is 1. The van der Waals surface area contributed by atoms with E-state index in [1.165, 1.54) is 32.1 Å². The Balaban J connectivity index is 2.52. The minimum Gasteiger partial charge on any atom is -0.370 e. The molecule has 3 nitrogen and oxygen atoms in total. The Kier molecular flexibility index (Phi) is 3.90. The van der Waals surface area contributed by atoms with Gasteiger partial charge < -0.3 is 11.5 Å². The van der Waals surface area contributed by atoms with Gasteiger partial charge in [0.1, 0.15) is 0 Å². The molecule has 4 heteroatoms. The van der Waals surface area contributed by atoms with Crippen molar-refractivity contribution >= 4 is 17.7 Å². The standard InChI is InChI=1S/C9H19N3S/c1-13-9(7-12-8(10)11)5-3-2-4-6-9/h2-7H2,1H3,(H4,10,11,12). The van der Waals surface area contributed by atoms with Crippen molar-refractivity contribution in [3.05, 3.63) is 0 Å². The topological polar surface area (TPSA) is 64.4 Å². The zero-order chi connectivity index (χ0) is 9.73. The maximum Gasteiger partial charge on any atom is 0.185 e. The Bertz CT molecular complexity index is 181. The Morgan fingerprint density at radius 1 is 1.31 bits per heavy atom. The van der Waals surface area contributed by atoms with Crippen LogP contribution in [0.5, 0.6) is 0 Å². The summed E-state index contributed by atoms with van der Waals surface area (Å²) in [5.41, 5.74) is 10.7. The number of thioether (sulfide) groups is 1. The molecule has 1 aliphatic rings. The first-order valence-corrected chi connectivity index (χ1v) is 6.01. The monoisotopic (exact) mass is 201 g/mol. The molecule has 1 fully saturated rings. The highest BCUT2D eigenvalue weighted by Gasteiger charge is 2.30. The molecule has 0 spiro atoms. The van der Waals surface area contributed by atoms with Gasteiger partial charge in [-0.05, 0) is 19.1 Å². The van der Waals surface area contributed by atoms with Crippen molar-refractivity contribution < 1.29 is 0 Å². The number of aliphatic imine (C=N–C) groups is 1. The predicted molar refractivity (Wildman–Crippen MR) is 60.0 cm³/mol. The van der Waals surface area contributed by atoms with Crippen LogP contribution in [0, 0.1) is 0 Å². The minimum absolute atomic E-state index is 0.221. The fourth-order valence-electron chi connectivity index (χ4n) is 1.86. The van der Waals surface area contributed by atoms with Crippen molar-refractivity contribution in [1.29, 1.82) is 0 Å². The summed E-state index contributed by atoms with van der Waals surface area (Å²) < 4.78 is 0.322. The van der Waals surface area contributed by atoms with Gasteiger partial charge in [-0.25, -0.2) is 0 Å². The second kappa shape index (κ2) is 4.74. The average molecular weight is 201 g/mol. The molecule has 0 bridgehead atoms. The molecule has 0 atom stereocenters. The summed E-state index contributed by atoms with van der Waals surface area (Å²) in [6, 6.07) is 0. The normalized spacial score (nSPS) is 21.0. The van der Waals surface area contributed by atoms with Crippen LogP contribution in [0.15, 0.2) is 4.99 Å². The van der Waals surface area contributed by atoms with Crippen LogP contribution in [-0.2, 0) is 0 Å². The maximum atomic E-state index is 5.34. The Morgan fingerprint density at radius 2 is 1.92 bits per heavy atom. The molecule has 0 unspecified atom stereocenters. The lowest BCUT2D eigenvalue weighted by molar-refractivity contribution is 0.405. The summed E-state index contributed by atoms with van der Waals surface area (Å²) in [4.78, 5) is 4.14. The van der Waals surface area contributed by atoms with Crippen LogP contribution in [0.4, 0.5) is 0 Å². The van der Waals surface area contributed by atoms with Gasteiger partial charge in [-0.1, -0.05) is 19.3 Å². The molecule has 0 aromatic heterocycles. The summed E-state index contributed by atoms with van der Waals surface area (Å²) >= 11 is 1.92. The SMILES string of the molecule is CSC1(CN=C(N)N)CCCCC1. The molecule has 0 aliphatic heterocycles. The van der Waals surface area contributed by atoms with E-state index in [0.717, 1.165) is 6.54 Å². The van der Waals surface area contributed by atoms with Gasteiger partial charge in [0.25, 0.3) is 0 Å². The highest BCUT2D eigenvalue weighted by atomic mass is 32.2. The van der Waals surface area contributed by atoms with Crippen molar-refractivity contribution in [3.63, 3.8) is 0 Å². The largest absolute Gasteiger partial charge is 0.370 e. The van der Waals surface area contributed by atoms with Crippen LogP contribution in [0.2, 0.25) is 0 Å². The Labute approximate surface area is 84.4 Å². The lowest BCUT2D eigenvalue weighted by Crippen LogP contribution is -2.33. The van der Waals surface area contributed by atoms with E-state index >= 15 is 0 Å². The van der Waals surface area contributed by atoms with Gasteiger partial charge in [0.05, 0.1) is 6.54 Å². The molecule has 1 aliphatic carbocycles. The van der Waals surface area contributed by atoms with Gasteiger partial charge in [0, 0.05) is 4.75 Å². The molecule has 0 saturated heterocycles. The number of rotatable bonds is 3. The van der Waals surface area contributed by atoms with Gasteiger partial charge in [0.2, 0.25) is 0 Å². The van der Waals surface area contributed by atoms with Crippen molar-refractivity contribution in [3.8, 4) is 0 Å².